The van der Waals surface area contributed by atoms with Crippen molar-refractivity contribution in [1.82, 2.24) is 9.97 Å². The van der Waals surface area contributed by atoms with Gasteiger partial charge >= 0.3 is 0 Å². The number of hydrogen-bond donors (Lipinski definition) is 0. The lowest BCUT2D eigenvalue weighted by Gasteiger charge is -2.08. The molecule has 0 spiro atoms. The molecule has 1 aromatic heterocycles. The first-order chi connectivity index (χ1) is 9.24. The summed E-state index contributed by atoms with van der Waals surface area (Å²) in [7, 11) is 0. The molecule has 0 bridgehead atoms. The largest absolute Gasteiger partial charge is 0.451 e. The van der Waals surface area contributed by atoms with Gasteiger partial charge in [0.1, 0.15) is 12.1 Å². The minimum Gasteiger partial charge on any atom is -0.451 e. The normalized spacial score (nSPS) is 10.6. The fraction of sp³-hybridized carbons (Fsp3) is 0. The van der Waals surface area contributed by atoms with E-state index in [1.165, 1.54) is 6.33 Å². The third-order valence-corrected chi connectivity index (χ3v) is 3.20. The van der Waals surface area contributed by atoms with Gasteiger partial charge in [0.05, 0.1) is 0 Å². The van der Waals surface area contributed by atoms with Gasteiger partial charge in [0.15, 0.2) is 10.3 Å². The number of nitrogens with zero attached hydrogens (tertiary/aromatic N) is 2. The number of aromatic nitrogens is 2. The van der Waals surface area contributed by atoms with Gasteiger partial charge in [-0.25, -0.2) is 9.97 Å². The number of rotatable bonds is 2. The molecule has 1 heterocycles. The Hall–Kier alpha value is -1.84. The zero-order chi connectivity index (χ0) is 13.2. The maximum absolute atomic E-state index is 5.94. The molecule has 5 heteroatoms. The molecule has 0 unspecified atom stereocenters. The van der Waals surface area contributed by atoms with E-state index in [-0.39, 0.29) is 16.1 Å². The van der Waals surface area contributed by atoms with Crippen molar-refractivity contribution in [3.63, 3.8) is 0 Å². The summed E-state index contributed by atoms with van der Waals surface area (Å²) >= 11 is 11.9. The SMILES string of the molecule is Clc1ncnc(Cl)c1Oc1ccc2ccccc2c1. The molecule has 0 radical (unpaired) electrons. The zero-order valence-electron chi connectivity index (χ0n) is 9.68. The van der Waals surface area contributed by atoms with E-state index in [1.54, 1.807) is 0 Å². The first-order valence-corrected chi connectivity index (χ1v) is 6.32. The van der Waals surface area contributed by atoms with E-state index in [4.69, 9.17) is 27.9 Å². The van der Waals surface area contributed by atoms with Gasteiger partial charge in [0, 0.05) is 0 Å². The summed E-state index contributed by atoms with van der Waals surface area (Å²) in [6.45, 7) is 0. The van der Waals surface area contributed by atoms with E-state index in [0.717, 1.165) is 10.8 Å². The van der Waals surface area contributed by atoms with Crippen molar-refractivity contribution in [2.24, 2.45) is 0 Å². The molecule has 0 saturated heterocycles. The van der Waals surface area contributed by atoms with Crippen molar-refractivity contribution in [3.8, 4) is 11.5 Å². The summed E-state index contributed by atoms with van der Waals surface area (Å²) in [5.74, 6) is 0.901. The Kier molecular flexibility index (Phi) is 3.23. The molecule has 3 rings (SSSR count). The van der Waals surface area contributed by atoms with Gasteiger partial charge in [-0.2, -0.15) is 0 Å². The quantitative estimate of drug-likeness (QED) is 0.640. The molecule has 2 aromatic carbocycles. The first-order valence-electron chi connectivity index (χ1n) is 5.57. The number of ether oxygens (including phenoxy) is 1. The van der Waals surface area contributed by atoms with E-state index in [0.29, 0.717) is 5.75 Å². The van der Waals surface area contributed by atoms with Gasteiger partial charge in [-0.3, -0.25) is 0 Å². The molecule has 0 amide bonds. The van der Waals surface area contributed by atoms with Gasteiger partial charge in [-0.1, -0.05) is 53.5 Å². The number of benzene rings is 2. The molecular formula is C14H8Cl2N2O. The van der Waals surface area contributed by atoms with E-state index < -0.39 is 0 Å². The van der Waals surface area contributed by atoms with Gasteiger partial charge in [-0.15, -0.1) is 0 Å². The van der Waals surface area contributed by atoms with Crippen LogP contribution in [0.4, 0.5) is 0 Å². The number of hydrogen-bond acceptors (Lipinski definition) is 3. The monoisotopic (exact) mass is 290 g/mol. The van der Waals surface area contributed by atoms with Crippen LogP contribution in [0, 0.1) is 0 Å². The average Bonchev–Trinajstić information content (AvgIpc) is 2.43. The molecular weight excluding hydrogens is 283 g/mol. The summed E-state index contributed by atoms with van der Waals surface area (Å²) in [6.07, 6.45) is 1.29. The Bertz CT molecular complexity index is 726. The lowest BCUT2D eigenvalue weighted by molar-refractivity contribution is 0.479. The summed E-state index contributed by atoms with van der Waals surface area (Å²) in [5.41, 5.74) is 0. The molecule has 3 aromatic rings. The van der Waals surface area contributed by atoms with Crippen molar-refractivity contribution in [2.75, 3.05) is 0 Å². The minimum absolute atomic E-state index is 0.188. The second-order valence-electron chi connectivity index (χ2n) is 3.90. The van der Waals surface area contributed by atoms with Gasteiger partial charge in [0.25, 0.3) is 0 Å². The lowest BCUT2D eigenvalue weighted by atomic mass is 10.1. The van der Waals surface area contributed by atoms with Crippen molar-refractivity contribution in [1.29, 1.82) is 0 Å². The predicted octanol–water partition coefficient (Wildman–Crippen LogP) is 4.73. The highest BCUT2D eigenvalue weighted by Gasteiger charge is 2.10. The smallest absolute Gasteiger partial charge is 0.201 e. The summed E-state index contributed by atoms with van der Waals surface area (Å²) in [6, 6.07) is 13.7. The standard InChI is InChI=1S/C14H8Cl2N2O/c15-13-12(14(16)18-8-17-13)19-11-6-5-9-3-1-2-4-10(9)7-11/h1-8H. The maximum Gasteiger partial charge on any atom is 0.201 e. The van der Waals surface area contributed by atoms with Crippen molar-refractivity contribution in [3.05, 3.63) is 59.1 Å². The Balaban J connectivity index is 2.01. The molecule has 19 heavy (non-hydrogen) atoms. The highest BCUT2D eigenvalue weighted by atomic mass is 35.5. The first kappa shape index (κ1) is 12.2. The van der Waals surface area contributed by atoms with Crippen LogP contribution in [0.25, 0.3) is 10.8 Å². The molecule has 0 fully saturated rings. The Morgan fingerprint density at radius 3 is 2.26 bits per heavy atom. The second kappa shape index (κ2) is 5.03. The molecule has 0 atom stereocenters. The van der Waals surface area contributed by atoms with E-state index in [1.807, 2.05) is 42.5 Å². The van der Waals surface area contributed by atoms with Crippen LogP contribution in [0.2, 0.25) is 10.3 Å². The highest BCUT2D eigenvalue weighted by Crippen LogP contribution is 2.33. The lowest BCUT2D eigenvalue weighted by Crippen LogP contribution is -1.91. The molecule has 0 aliphatic heterocycles. The zero-order valence-corrected chi connectivity index (χ0v) is 11.2. The van der Waals surface area contributed by atoms with E-state index in [2.05, 4.69) is 9.97 Å². The summed E-state index contributed by atoms with van der Waals surface area (Å²) in [5, 5.41) is 2.58. The van der Waals surface area contributed by atoms with Crippen LogP contribution in [0.3, 0.4) is 0 Å². The van der Waals surface area contributed by atoms with Crippen LogP contribution < -0.4 is 4.74 Å². The molecule has 3 nitrogen and oxygen atoms in total. The topological polar surface area (TPSA) is 35.0 Å². The third kappa shape index (κ3) is 2.48. The summed E-state index contributed by atoms with van der Waals surface area (Å²) < 4.78 is 5.66. The molecule has 0 saturated carbocycles. The molecule has 0 aliphatic rings. The Labute approximate surface area is 119 Å². The Morgan fingerprint density at radius 1 is 0.842 bits per heavy atom. The second-order valence-corrected chi connectivity index (χ2v) is 4.61. The highest BCUT2D eigenvalue weighted by molar-refractivity contribution is 6.35. The average molecular weight is 291 g/mol. The minimum atomic E-state index is 0.188. The van der Waals surface area contributed by atoms with Crippen molar-refractivity contribution < 1.29 is 4.74 Å². The van der Waals surface area contributed by atoms with E-state index in [9.17, 15) is 0 Å². The third-order valence-electron chi connectivity index (χ3n) is 2.66. The van der Waals surface area contributed by atoms with Crippen molar-refractivity contribution >= 4 is 34.0 Å². The number of halogens is 2. The predicted molar refractivity (Wildman–Crippen MR) is 76.1 cm³/mol. The van der Waals surface area contributed by atoms with Crippen LogP contribution in [0.1, 0.15) is 0 Å². The fourth-order valence-electron chi connectivity index (χ4n) is 1.77. The van der Waals surface area contributed by atoms with Gasteiger partial charge in [0.2, 0.25) is 5.75 Å². The van der Waals surface area contributed by atoms with Crippen LogP contribution in [-0.2, 0) is 0 Å². The van der Waals surface area contributed by atoms with Gasteiger partial charge in [-0.05, 0) is 22.9 Å². The fourth-order valence-corrected chi connectivity index (χ4v) is 2.16. The number of fused-ring (bicyclic) bond motifs is 1. The van der Waals surface area contributed by atoms with Crippen LogP contribution in [-0.4, -0.2) is 9.97 Å². The molecule has 0 aliphatic carbocycles. The Morgan fingerprint density at radius 2 is 1.53 bits per heavy atom. The van der Waals surface area contributed by atoms with Crippen LogP contribution in [0.15, 0.2) is 48.8 Å². The summed E-state index contributed by atoms with van der Waals surface area (Å²) in [4.78, 5) is 7.69. The van der Waals surface area contributed by atoms with Crippen LogP contribution in [0.5, 0.6) is 11.5 Å². The van der Waals surface area contributed by atoms with Crippen molar-refractivity contribution in [2.45, 2.75) is 0 Å². The van der Waals surface area contributed by atoms with Crippen LogP contribution >= 0.6 is 23.2 Å². The molecule has 94 valence electrons. The maximum atomic E-state index is 5.94. The molecule has 0 N–H and O–H groups in total. The van der Waals surface area contributed by atoms with E-state index >= 15 is 0 Å². The van der Waals surface area contributed by atoms with Gasteiger partial charge < -0.3 is 4.74 Å².